The summed E-state index contributed by atoms with van der Waals surface area (Å²) in [7, 11) is 1.55. The maximum atomic E-state index is 13.6. The Morgan fingerprint density at radius 1 is 1.18 bits per heavy atom. The predicted molar refractivity (Wildman–Crippen MR) is 128 cm³/mol. The molecule has 172 valence electrons. The molecule has 1 N–H and O–H groups in total. The first-order valence-corrected chi connectivity index (χ1v) is 10.4. The van der Waals surface area contributed by atoms with E-state index in [1.807, 2.05) is 43.3 Å². The number of nitrogens with zero attached hydrogens (tertiary/aromatic N) is 1. The molecular weight excluding hydrogens is 439 g/mol. The van der Waals surface area contributed by atoms with Crippen molar-refractivity contribution in [2.24, 2.45) is 0 Å². The molecule has 3 aromatic carbocycles. The van der Waals surface area contributed by atoms with E-state index in [-0.39, 0.29) is 5.69 Å². The van der Waals surface area contributed by atoms with E-state index in [1.54, 1.807) is 20.3 Å². The van der Waals surface area contributed by atoms with Crippen molar-refractivity contribution in [2.75, 3.05) is 12.4 Å². The van der Waals surface area contributed by atoms with Gasteiger partial charge in [-0.1, -0.05) is 30.3 Å². The molecule has 0 aliphatic rings. The Bertz CT molecular complexity index is 1440. The number of halogens is 1. The van der Waals surface area contributed by atoms with Crippen molar-refractivity contribution < 1.29 is 23.3 Å². The fourth-order valence-corrected chi connectivity index (χ4v) is 3.90. The molecule has 0 aliphatic carbocycles. The summed E-state index contributed by atoms with van der Waals surface area (Å²) in [5.74, 6) is -0.924. The van der Waals surface area contributed by atoms with Gasteiger partial charge in [-0.2, -0.15) is 4.39 Å². The van der Waals surface area contributed by atoms with Crippen molar-refractivity contribution >= 4 is 33.8 Å². The van der Waals surface area contributed by atoms with Gasteiger partial charge in [0.15, 0.2) is 0 Å². The first-order valence-electron chi connectivity index (χ1n) is 10.4. The number of nitrogens with one attached hydrogen (secondary N) is 1. The van der Waals surface area contributed by atoms with Gasteiger partial charge in [0, 0.05) is 39.9 Å². The van der Waals surface area contributed by atoms with Gasteiger partial charge < -0.3 is 14.5 Å². The first kappa shape index (κ1) is 22.7. The maximum absolute atomic E-state index is 13.6. The molecule has 8 heteroatoms. The average Bonchev–Trinajstić information content (AvgIpc) is 3.25. The summed E-state index contributed by atoms with van der Waals surface area (Å²) in [5.41, 5.74) is 4.10. The average molecular weight is 460 g/mol. The summed E-state index contributed by atoms with van der Waals surface area (Å²) >= 11 is 0. The Kier molecular flexibility index (Phi) is 6.14. The lowest BCUT2D eigenvalue weighted by molar-refractivity contribution is -0.387. The van der Waals surface area contributed by atoms with Crippen LogP contribution in [0.25, 0.3) is 27.7 Å². The predicted octanol–water partition coefficient (Wildman–Crippen LogP) is 6.51. The summed E-state index contributed by atoms with van der Waals surface area (Å²) in [5, 5.41) is 14.4. The minimum atomic E-state index is -0.974. The van der Waals surface area contributed by atoms with Crippen molar-refractivity contribution in [3.63, 3.8) is 0 Å². The van der Waals surface area contributed by atoms with Crippen molar-refractivity contribution in [1.29, 1.82) is 0 Å². The Morgan fingerprint density at radius 2 is 1.91 bits per heavy atom. The number of carbonyl (C=O) groups excluding carboxylic acids is 1. The highest BCUT2D eigenvalue weighted by atomic mass is 19.1. The third-order valence-corrected chi connectivity index (χ3v) is 5.52. The zero-order chi connectivity index (χ0) is 24.4. The number of benzene rings is 3. The minimum Gasteiger partial charge on any atom is -0.496 e. The lowest BCUT2D eigenvalue weighted by Gasteiger charge is -2.13. The number of nitro groups is 1. The lowest BCUT2D eigenvalue weighted by Crippen LogP contribution is -2.09. The van der Waals surface area contributed by atoms with E-state index in [0.717, 1.165) is 34.2 Å². The smallest absolute Gasteiger partial charge is 0.306 e. The van der Waals surface area contributed by atoms with Crippen LogP contribution in [-0.2, 0) is 4.79 Å². The molecule has 0 aliphatic heterocycles. The van der Waals surface area contributed by atoms with Crippen LogP contribution in [0, 0.1) is 22.9 Å². The number of rotatable bonds is 6. The molecule has 0 spiro atoms. The fourth-order valence-electron chi connectivity index (χ4n) is 3.90. The van der Waals surface area contributed by atoms with Gasteiger partial charge in [-0.3, -0.25) is 14.9 Å². The van der Waals surface area contributed by atoms with Crippen LogP contribution in [0.3, 0.4) is 0 Å². The fraction of sp³-hybridized carbons (Fsp3) is 0.115. The third-order valence-electron chi connectivity index (χ3n) is 5.52. The largest absolute Gasteiger partial charge is 0.496 e. The molecule has 0 fully saturated rings. The maximum Gasteiger partial charge on any atom is 0.306 e. The van der Waals surface area contributed by atoms with Crippen LogP contribution in [0.15, 0.2) is 71.4 Å². The van der Waals surface area contributed by atoms with Crippen LogP contribution < -0.4 is 10.1 Å². The Balaban J connectivity index is 1.72. The summed E-state index contributed by atoms with van der Waals surface area (Å²) in [6.07, 6.45) is 3.06. The molecule has 0 atom stereocenters. The Labute approximate surface area is 194 Å². The van der Waals surface area contributed by atoms with Crippen molar-refractivity contribution in [2.45, 2.75) is 13.8 Å². The van der Waals surface area contributed by atoms with E-state index in [0.29, 0.717) is 22.5 Å². The molecule has 0 unspecified atom stereocenters. The SMILES string of the molecule is COc1c(/C(C)=C/C(=O)Nc2ccc(F)c([N+](=O)[O-])c2)cc2c(-c3ccccc3)coc2c1C. The van der Waals surface area contributed by atoms with Crippen LogP contribution in [-0.4, -0.2) is 17.9 Å². The second-order valence-corrected chi connectivity index (χ2v) is 7.71. The van der Waals surface area contributed by atoms with Gasteiger partial charge in [0.25, 0.3) is 0 Å². The lowest BCUT2D eigenvalue weighted by atomic mass is 9.96. The summed E-state index contributed by atoms with van der Waals surface area (Å²) in [6.45, 7) is 3.64. The highest BCUT2D eigenvalue weighted by Gasteiger charge is 2.19. The standard InChI is InChI=1S/C26H21FN2O5/c1-15(11-24(30)28-18-9-10-22(27)23(12-18)29(31)32)19-13-20-21(17-7-5-4-6-8-17)14-34-26(20)16(2)25(19)33-3/h4-14H,1-3H3,(H,28,30)/b15-11+. The Hall–Kier alpha value is -4.46. The van der Waals surface area contributed by atoms with Crippen LogP contribution >= 0.6 is 0 Å². The van der Waals surface area contributed by atoms with Crippen LogP contribution in [0.1, 0.15) is 18.1 Å². The minimum absolute atomic E-state index is 0.113. The van der Waals surface area contributed by atoms with Gasteiger partial charge in [0.05, 0.1) is 18.3 Å². The molecular formula is C26H21FN2O5. The number of nitro benzene ring substituents is 1. The number of carbonyl (C=O) groups is 1. The third kappa shape index (κ3) is 4.25. The van der Waals surface area contributed by atoms with Gasteiger partial charge in [0.2, 0.25) is 11.7 Å². The van der Waals surface area contributed by atoms with E-state index in [9.17, 15) is 19.3 Å². The molecule has 0 saturated carbocycles. The molecule has 1 aromatic heterocycles. The van der Waals surface area contributed by atoms with Gasteiger partial charge in [-0.05, 0) is 43.2 Å². The molecule has 4 aromatic rings. The molecule has 1 heterocycles. The number of ether oxygens (including phenoxy) is 1. The highest BCUT2D eigenvalue weighted by Crippen LogP contribution is 2.40. The quantitative estimate of drug-likeness (QED) is 0.201. The van der Waals surface area contributed by atoms with Gasteiger partial charge >= 0.3 is 5.69 Å². The molecule has 0 radical (unpaired) electrons. The second-order valence-electron chi connectivity index (χ2n) is 7.71. The first-order chi connectivity index (χ1) is 16.3. The van der Waals surface area contributed by atoms with E-state index >= 15 is 0 Å². The van der Waals surface area contributed by atoms with Gasteiger partial charge in [-0.25, -0.2) is 0 Å². The molecule has 1 amide bonds. The summed E-state index contributed by atoms with van der Waals surface area (Å²) < 4.78 is 25.1. The Morgan fingerprint density at radius 3 is 2.59 bits per heavy atom. The highest BCUT2D eigenvalue weighted by molar-refractivity contribution is 6.06. The van der Waals surface area contributed by atoms with Crippen molar-refractivity contribution in [3.05, 3.63) is 94.0 Å². The van der Waals surface area contributed by atoms with Crippen LogP contribution in [0.4, 0.5) is 15.8 Å². The zero-order valence-corrected chi connectivity index (χ0v) is 18.7. The van der Waals surface area contributed by atoms with Crippen LogP contribution in [0.2, 0.25) is 0 Å². The zero-order valence-electron chi connectivity index (χ0n) is 18.7. The van der Waals surface area contributed by atoms with E-state index in [2.05, 4.69) is 5.32 Å². The second kappa shape index (κ2) is 9.19. The number of anilines is 1. The van der Waals surface area contributed by atoms with Gasteiger partial charge in [-0.15, -0.1) is 0 Å². The molecule has 34 heavy (non-hydrogen) atoms. The number of methoxy groups -OCH3 is 1. The number of fused-ring (bicyclic) bond motifs is 1. The van der Waals surface area contributed by atoms with E-state index < -0.39 is 22.3 Å². The van der Waals surface area contributed by atoms with E-state index in [1.165, 1.54) is 12.1 Å². The van der Waals surface area contributed by atoms with Gasteiger partial charge in [0.1, 0.15) is 11.3 Å². The normalized spacial score (nSPS) is 11.5. The molecule has 4 rings (SSSR count). The number of amides is 1. The van der Waals surface area contributed by atoms with Crippen LogP contribution in [0.5, 0.6) is 5.75 Å². The topological polar surface area (TPSA) is 94.6 Å². The summed E-state index contributed by atoms with van der Waals surface area (Å²) in [6, 6.07) is 14.9. The number of hydrogen-bond donors (Lipinski definition) is 1. The molecule has 0 saturated heterocycles. The van der Waals surface area contributed by atoms with Crippen molar-refractivity contribution in [3.8, 4) is 16.9 Å². The molecule has 7 nitrogen and oxygen atoms in total. The number of aryl methyl sites for hydroxylation is 1. The number of hydrogen-bond acceptors (Lipinski definition) is 5. The summed E-state index contributed by atoms with van der Waals surface area (Å²) in [4.78, 5) is 22.8. The van der Waals surface area contributed by atoms with Crippen molar-refractivity contribution in [1.82, 2.24) is 0 Å². The molecule has 0 bridgehead atoms. The number of allylic oxidation sites excluding steroid dienone is 1. The number of furan rings is 1. The monoisotopic (exact) mass is 460 g/mol. The van der Waals surface area contributed by atoms with E-state index in [4.69, 9.17) is 9.15 Å².